The standard InChI is InChI=1S/C19H14N4O3/c24-19(15-8-7-12-4-1-2-5-14(12)20-15)23-10-13(11-23)18-21-17(22-26-18)16-6-3-9-25-16/h1-9,13H,10-11H2. The van der Waals surface area contributed by atoms with E-state index in [0.29, 0.717) is 36.3 Å². The third-order valence-corrected chi connectivity index (χ3v) is 4.52. The Labute approximate surface area is 148 Å². The molecular weight excluding hydrogens is 332 g/mol. The molecule has 1 aliphatic rings. The first kappa shape index (κ1) is 14.8. The predicted octanol–water partition coefficient (Wildman–Crippen LogP) is 3.12. The molecule has 1 aromatic carbocycles. The van der Waals surface area contributed by atoms with Crippen LogP contribution in [0.15, 0.2) is 63.7 Å². The van der Waals surface area contributed by atoms with Gasteiger partial charge in [-0.15, -0.1) is 0 Å². The van der Waals surface area contributed by atoms with Crippen LogP contribution >= 0.6 is 0 Å². The van der Waals surface area contributed by atoms with Crippen LogP contribution in [0.1, 0.15) is 22.3 Å². The van der Waals surface area contributed by atoms with E-state index in [1.807, 2.05) is 30.3 Å². The molecule has 0 unspecified atom stereocenters. The number of hydrogen-bond acceptors (Lipinski definition) is 6. The lowest BCUT2D eigenvalue weighted by molar-refractivity contribution is 0.0563. The summed E-state index contributed by atoms with van der Waals surface area (Å²) in [6, 6.07) is 15.0. The Morgan fingerprint density at radius 1 is 1.04 bits per heavy atom. The van der Waals surface area contributed by atoms with Crippen LogP contribution in [-0.2, 0) is 0 Å². The quantitative estimate of drug-likeness (QED) is 0.566. The van der Waals surface area contributed by atoms with E-state index >= 15 is 0 Å². The highest BCUT2D eigenvalue weighted by Crippen LogP contribution is 2.29. The lowest BCUT2D eigenvalue weighted by atomic mass is 9.99. The Kier molecular flexibility index (Phi) is 3.31. The molecule has 0 N–H and O–H groups in total. The normalized spacial score (nSPS) is 14.5. The summed E-state index contributed by atoms with van der Waals surface area (Å²) in [4.78, 5) is 23.2. The summed E-state index contributed by atoms with van der Waals surface area (Å²) in [7, 11) is 0. The molecule has 0 atom stereocenters. The van der Waals surface area contributed by atoms with Crippen molar-refractivity contribution in [1.82, 2.24) is 20.0 Å². The van der Waals surface area contributed by atoms with Gasteiger partial charge in [-0.25, -0.2) is 4.98 Å². The number of nitrogens with zero attached hydrogens (tertiary/aromatic N) is 4. The minimum absolute atomic E-state index is 0.0376. The van der Waals surface area contributed by atoms with Gasteiger partial charge < -0.3 is 13.8 Å². The molecule has 0 aliphatic carbocycles. The molecule has 1 fully saturated rings. The largest absolute Gasteiger partial charge is 0.461 e. The average molecular weight is 346 g/mol. The zero-order chi connectivity index (χ0) is 17.5. The molecule has 1 aliphatic heterocycles. The Hall–Kier alpha value is -3.48. The number of fused-ring (bicyclic) bond motifs is 1. The van der Waals surface area contributed by atoms with Gasteiger partial charge in [0.25, 0.3) is 5.91 Å². The fraction of sp³-hybridized carbons (Fsp3) is 0.158. The maximum Gasteiger partial charge on any atom is 0.272 e. The molecule has 26 heavy (non-hydrogen) atoms. The lowest BCUT2D eigenvalue weighted by Crippen LogP contribution is -2.48. The van der Waals surface area contributed by atoms with Gasteiger partial charge in [-0.1, -0.05) is 29.4 Å². The molecule has 0 radical (unpaired) electrons. The highest BCUT2D eigenvalue weighted by atomic mass is 16.5. The summed E-state index contributed by atoms with van der Waals surface area (Å²) < 4.78 is 10.6. The third-order valence-electron chi connectivity index (χ3n) is 4.52. The number of carbonyl (C=O) groups excluding carboxylic acids is 1. The molecule has 0 saturated carbocycles. The number of benzene rings is 1. The maximum atomic E-state index is 12.6. The number of para-hydroxylation sites is 1. The van der Waals surface area contributed by atoms with Crippen LogP contribution in [0, 0.1) is 0 Å². The smallest absolute Gasteiger partial charge is 0.272 e. The number of rotatable bonds is 3. The average Bonchev–Trinajstić information content (AvgIpc) is 3.31. The van der Waals surface area contributed by atoms with E-state index in [0.717, 1.165) is 10.9 Å². The Balaban J connectivity index is 1.29. The molecule has 3 aromatic heterocycles. The number of likely N-dealkylation sites (tertiary alicyclic amines) is 1. The van der Waals surface area contributed by atoms with E-state index in [1.54, 1.807) is 29.4 Å². The molecule has 4 heterocycles. The molecule has 1 saturated heterocycles. The van der Waals surface area contributed by atoms with Crippen molar-refractivity contribution in [2.45, 2.75) is 5.92 Å². The minimum atomic E-state index is -0.0854. The number of pyridine rings is 1. The molecule has 7 heteroatoms. The van der Waals surface area contributed by atoms with Crippen LogP contribution in [0.25, 0.3) is 22.5 Å². The van der Waals surface area contributed by atoms with Gasteiger partial charge in [-0.2, -0.15) is 4.98 Å². The monoisotopic (exact) mass is 346 g/mol. The van der Waals surface area contributed by atoms with Crippen molar-refractivity contribution in [1.29, 1.82) is 0 Å². The van der Waals surface area contributed by atoms with Crippen LogP contribution in [0.5, 0.6) is 0 Å². The SMILES string of the molecule is O=C(c1ccc2ccccc2n1)N1CC(c2nc(-c3ccco3)no2)C1. The summed E-state index contributed by atoms with van der Waals surface area (Å²) in [6.45, 7) is 1.07. The van der Waals surface area contributed by atoms with E-state index in [1.165, 1.54) is 0 Å². The van der Waals surface area contributed by atoms with Gasteiger partial charge >= 0.3 is 0 Å². The number of furan rings is 1. The summed E-state index contributed by atoms with van der Waals surface area (Å²) in [5.41, 5.74) is 1.26. The molecule has 128 valence electrons. The van der Waals surface area contributed by atoms with Gasteiger partial charge in [0.1, 0.15) is 5.69 Å². The molecule has 1 amide bonds. The van der Waals surface area contributed by atoms with Crippen molar-refractivity contribution in [3.63, 3.8) is 0 Å². The zero-order valence-electron chi connectivity index (χ0n) is 13.7. The highest BCUT2D eigenvalue weighted by molar-refractivity contribution is 5.95. The summed E-state index contributed by atoms with van der Waals surface area (Å²) in [5, 5.41) is 4.94. The van der Waals surface area contributed by atoms with Crippen LogP contribution < -0.4 is 0 Å². The molecule has 5 rings (SSSR count). The van der Waals surface area contributed by atoms with E-state index in [-0.39, 0.29) is 11.8 Å². The Bertz CT molecular complexity index is 1080. The first-order chi connectivity index (χ1) is 12.8. The van der Waals surface area contributed by atoms with Crippen molar-refractivity contribution < 1.29 is 13.7 Å². The predicted molar refractivity (Wildman–Crippen MR) is 92.4 cm³/mol. The van der Waals surface area contributed by atoms with E-state index in [2.05, 4.69) is 15.1 Å². The maximum absolute atomic E-state index is 12.6. The first-order valence-electron chi connectivity index (χ1n) is 8.30. The second-order valence-corrected chi connectivity index (χ2v) is 6.23. The Morgan fingerprint density at radius 2 is 1.92 bits per heavy atom. The molecule has 0 spiro atoms. The number of amides is 1. The highest BCUT2D eigenvalue weighted by Gasteiger charge is 2.36. The van der Waals surface area contributed by atoms with Crippen molar-refractivity contribution in [3.8, 4) is 11.6 Å². The van der Waals surface area contributed by atoms with E-state index < -0.39 is 0 Å². The summed E-state index contributed by atoms with van der Waals surface area (Å²) >= 11 is 0. The first-order valence-corrected chi connectivity index (χ1v) is 8.30. The Morgan fingerprint density at radius 3 is 2.77 bits per heavy atom. The van der Waals surface area contributed by atoms with Gasteiger partial charge in [-0.05, 0) is 24.3 Å². The van der Waals surface area contributed by atoms with Gasteiger partial charge in [0, 0.05) is 18.5 Å². The van der Waals surface area contributed by atoms with Gasteiger partial charge in [0.2, 0.25) is 11.7 Å². The van der Waals surface area contributed by atoms with Crippen LogP contribution in [-0.4, -0.2) is 39.0 Å². The van der Waals surface area contributed by atoms with Gasteiger partial charge in [0.05, 0.1) is 17.7 Å². The number of aromatic nitrogens is 3. The third kappa shape index (κ3) is 2.45. The minimum Gasteiger partial charge on any atom is -0.461 e. The topological polar surface area (TPSA) is 85.3 Å². The van der Waals surface area contributed by atoms with E-state index in [4.69, 9.17) is 8.94 Å². The van der Waals surface area contributed by atoms with Crippen molar-refractivity contribution >= 4 is 16.8 Å². The molecular formula is C19H14N4O3. The fourth-order valence-electron chi connectivity index (χ4n) is 3.05. The van der Waals surface area contributed by atoms with Crippen molar-refractivity contribution in [3.05, 3.63) is 66.4 Å². The van der Waals surface area contributed by atoms with Crippen molar-refractivity contribution in [2.75, 3.05) is 13.1 Å². The van der Waals surface area contributed by atoms with Crippen LogP contribution in [0.3, 0.4) is 0 Å². The van der Waals surface area contributed by atoms with E-state index in [9.17, 15) is 4.79 Å². The number of carbonyl (C=O) groups is 1. The van der Waals surface area contributed by atoms with Crippen LogP contribution in [0.4, 0.5) is 0 Å². The second-order valence-electron chi connectivity index (χ2n) is 6.23. The van der Waals surface area contributed by atoms with Gasteiger partial charge in [-0.3, -0.25) is 4.79 Å². The summed E-state index contributed by atoms with van der Waals surface area (Å²) in [6.07, 6.45) is 1.56. The fourth-order valence-corrected chi connectivity index (χ4v) is 3.05. The lowest BCUT2D eigenvalue weighted by Gasteiger charge is -2.36. The van der Waals surface area contributed by atoms with Crippen LogP contribution in [0.2, 0.25) is 0 Å². The molecule has 4 aromatic rings. The molecule has 7 nitrogen and oxygen atoms in total. The molecule has 0 bridgehead atoms. The number of hydrogen-bond donors (Lipinski definition) is 0. The van der Waals surface area contributed by atoms with Crippen molar-refractivity contribution in [2.24, 2.45) is 0 Å². The summed E-state index contributed by atoms with van der Waals surface area (Å²) in [5.74, 6) is 1.46. The second kappa shape index (κ2) is 5.80. The zero-order valence-corrected chi connectivity index (χ0v) is 13.7. The van der Waals surface area contributed by atoms with Gasteiger partial charge in [0.15, 0.2) is 5.76 Å².